The summed E-state index contributed by atoms with van der Waals surface area (Å²) in [5.41, 5.74) is 3.19. The molecule has 0 aliphatic heterocycles. The fourth-order valence-corrected chi connectivity index (χ4v) is 1.89. The molecule has 0 amide bonds. The molecule has 0 aliphatic carbocycles. The van der Waals surface area contributed by atoms with Crippen LogP contribution >= 0.6 is 0 Å². The smallest absolute Gasteiger partial charge is 0.335 e. The van der Waals surface area contributed by atoms with Crippen molar-refractivity contribution in [2.45, 2.75) is 6.92 Å². The standard InChI is InChI=1S/C15H14O3/c1-10-5-3-4-6-14(10)11-7-12(15(16)17)9-13(8-11)18-2/h3-9H,1-2H3,(H,16,17). The summed E-state index contributed by atoms with van der Waals surface area (Å²) < 4.78 is 5.14. The van der Waals surface area contributed by atoms with E-state index in [0.717, 1.165) is 16.7 Å². The van der Waals surface area contributed by atoms with Gasteiger partial charge in [0.1, 0.15) is 5.75 Å². The molecule has 2 rings (SSSR count). The molecule has 3 heteroatoms. The lowest BCUT2D eigenvalue weighted by atomic mass is 9.98. The number of rotatable bonds is 3. The maximum Gasteiger partial charge on any atom is 0.335 e. The zero-order chi connectivity index (χ0) is 13.1. The van der Waals surface area contributed by atoms with Gasteiger partial charge in [-0.05, 0) is 41.8 Å². The second-order valence-electron chi connectivity index (χ2n) is 4.07. The van der Waals surface area contributed by atoms with Gasteiger partial charge in [0.2, 0.25) is 0 Å². The van der Waals surface area contributed by atoms with Crippen molar-refractivity contribution >= 4 is 5.97 Å². The molecule has 2 aromatic carbocycles. The van der Waals surface area contributed by atoms with Crippen LogP contribution in [0.15, 0.2) is 42.5 Å². The Labute approximate surface area is 106 Å². The molecular weight excluding hydrogens is 228 g/mol. The Hall–Kier alpha value is -2.29. The van der Waals surface area contributed by atoms with Gasteiger partial charge in [0, 0.05) is 0 Å². The minimum atomic E-state index is -0.955. The molecule has 0 atom stereocenters. The fourth-order valence-electron chi connectivity index (χ4n) is 1.89. The van der Waals surface area contributed by atoms with E-state index in [9.17, 15) is 4.79 Å². The Kier molecular flexibility index (Phi) is 3.33. The molecule has 2 aromatic rings. The summed E-state index contributed by atoms with van der Waals surface area (Å²) in [6, 6.07) is 12.9. The van der Waals surface area contributed by atoms with Crippen LogP contribution in [-0.2, 0) is 0 Å². The maximum atomic E-state index is 11.1. The number of hydrogen-bond acceptors (Lipinski definition) is 2. The molecule has 0 spiro atoms. The van der Waals surface area contributed by atoms with Gasteiger partial charge in [0.05, 0.1) is 12.7 Å². The van der Waals surface area contributed by atoms with Crippen molar-refractivity contribution in [3.8, 4) is 16.9 Å². The van der Waals surface area contributed by atoms with Gasteiger partial charge in [-0.1, -0.05) is 24.3 Å². The van der Waals surface area contributed by atoms with E-state index in [1.54, 1.807) is 6.07 Å². The Balaban J connectivity index is 2.60. The summed E-state index contributed by atoms with van der Waals surface area (Å²) in [4.78, 5) is 11.1. The van der Waals surface area contributed by atoms with Gasteiger partial charge in [-0.25, -0.2) is 4.79 Å². The zero-order valence-electron chi connectivity index (χ0n) is 10.3. The van der Waals surface area contributed by atoms with Gasteiger partial charge in [-0.3, -0.25) is 0 Å². The van der Waals surface area contributed by atoms with Crippen LogP contribution in [0.3, 0.4) is 0 Å². The molecule has 0 saturated carbocycles. The predicted molar refractivity (Wildman–Crippen MR) is 70.1 cm³/mol. The minimum Gasteiger partial charge on any atom is -0.497 e. The van der Waals surface area contributed by atoms with Crippen molar-refractivity contribution in [1.82, 2.24) is 0 Å². The number of aromatic carboxylic acids is 1. The molecule has 0 aliphatic rings. The summed E-state index contributed by atoms with van der Waals surface area (Å²) in [6.45, 7) is 2.00. The van der Waals surface area contributed by atoms with Crippen LogP contribution in [0.2, 0.25) is 0 Å². The number of carbonyl (C=O) groups is 1. The van der Waals surface area contributed by atoms with E-state index >= 15 is 0 Å². The first-order chi connectivity index (χ1) is 8.61. The van der Waals surface area contributed by atoms with Crippen LogP contribution in [0.5, 0.6) is 5.75 Å². The normalized spacial score (nSPS) is 10.1. The maximum absolute atomic E-state index is 11.1. The van der Waals surface area contributed by atoms with Gasteiger partial charge < -0.3 is 9.84 Å². The monoisotopic (exact) mass is 242 g/mol. The Morgan fingerprint density at radius 3 is 2.50 bits per heavy atom. The lowest BCUT2D eigenvalue weighted by molar-refractivity contribution is 0.0696. The quantitative estimate of drug-likeness (QED) is 0.897. The van der Waals surface area contributed by atoms with Crippen molar-refractivity contribution in [1.29, 1.82) is 0 Å². The number of benzene rings is 2. The Bertz CT molecular complexity index is 588. The number of hydrogen-bond donors (Lipinski definition) is 1. The summed E-state index contributed by atoms with van der Waals surface area (Å²) in [6.07, 6.45) is 0. The van der Waals surface area contributed by atoms with E-state index in [-0.39, 0.29) is 5.56 Å². The zero-order valence-corrected chi connectivity index (χ0v) is 10.3. The van der Waals surface area contributed by atoms with Crippen LogP contribution in [0.25, 0.3) is 11.1 Å². The first-order valence-corrected chi connectivity index (χ1v) is 5.60. The lowest BCUT2D eigenvalue weighted by Gasteiger charge is -2.09. The Morgan fingerprint density at radius 1 is 1.17 bits per heavy atom. The summed E-state index contributed by atoms with van der Waals surface area (Å²) in [7, 11) is 1.53. The highest BCUT2D eigenvalue weighted by Crippen LogP contribution is 2.28. The van der Waals surface area contributed by atoms with Crippen molar-refractivity contribution in [3.05, 3.63) is 53.6 Å². The molecule has 1 N–H and O–H groups in total. The molecule has 0 radical (unpaired) electrons. The van der Waals surface area contributed by atoms with Crippen LogP contribution in [0.4, 0.5) is 0 Å². The number of methoxy groups -OCH3 is 1. The average Bonchev–Trinajstić information content (AvgIpc) is 2.38. The second-order valence-corrected chi connectivity index (χ2v) is 4.07. The van der Waals surface area contributed by atoms with E-state index in [4.69, 9.17) is 9.84 Å². The fraction of sp³-hybridized carbons (Fsp3) is 0.133. The molecule has 92 valence electrons. The van der Waals surface area contributed by atoms with Gasteiger partial charge >= 0.3 is 5.97 Å². The van der Waals surface area contributed by atoms with E-state index in [1.165, 1.54) is 13.2 Å². The molecule has 0 saturated heterocycles. The van der Waals surface area contributed by atoms with Crippen molar-refractivity contribution in [3.63, 3.8) is 0 Å². The van der Waals surface area contributed by atoms with E-state index in [2.05, 4.69) is 0 Å². The van der Waals surface area contributed by atoms with Crippen molar-refractivity contribution in [2.75, 3.05) is 7.11 Å². The van der Waals surface area contributed by atoms with E-state index < -0.39 is 5.97 Å². The minimum absolute atomic E-state index is 0.229. The van der Waals surface area contributed by atoms with Gasteiger partial charge in [0.15, 0.2) is 0 Å². The third-order valence-electron chi connectivity index (χ3n) is 2.85. The van der Waals surface area contributed by atoms with Crippen LogP contribution < -0.4 is 4.74 Å². The Morgan fingerprint density at radius 2 is 1.89 bits per heavy atom. The highest BCUT2D eigenvalue weighted by molar-refractivity contribution is 5.90. The van der Waals surface area contributed by atoms with Gasteiger partial charge in [-0.15, -0.1) is 0 Å². The number of carboxylic acid groups (broad SMARTS) is 1. The number of carboxylic acids is 1. The molecule has 3 nitrogen and oxygen atoms in total. The predicted octanol–water partition coefficient (Wildman–Crippen LogP) is 3.37. The third-order valence-corrected chi connectivity index (χ3v) is 2.85. The largest absolute Gasteiger partial charge is 0.497 e. The topological polar surface area (TPSA) is 46.5 Å². The highest BCUT2D eigenvalue weighted by Gasteiger charge is 2.09. The highest BCUT2D eigenvalue weighted by atomic mass is 16.5. The van der Waals surface area contributed by atoms with E-state index in [0.29, 0.717) is 5.75 Å². The van der Waals surface area contributed by atoms with Crippen LogP contribution in [-0.4, -0.2) is 18.2 Å². The van der Waals surface area contributed by atoms with E-state index in [1.807, 2.05) is 37.3 Å². The summed E-state index contributed by atoms with van der Waals surface area (Å²) in [5.74, 6) is -0.406. The SMILES string of the molecule is COc1cc(C(=O)O)cc(-c2ccccc2C)c1. The average molecular weight is 242 g/mol. The molecule has 0 heterocycles. The summed E-state index contributed by atoms with van der Waals surface area (Å²) >= 11 is 0. The third kappa shape index (κ3) is 2.35. The number of ether oxygens (including phenoxy) is 1. The summed E-state index contributed by atoms with van der Waals surface area (Å²) in [5, 5.41) is 9.09. The van der Waals surface area contributed by atoms with Crippen molar-refractivity contribution < 1.29 is 14.6 Å². The molecule has 18 heavy (non-hydrogen) atoms. The van der Waals surface area contributed by atoms with Crippen LogP contribution in [0.1, 0.15) is 15.9 Å². The van der Waals surface area contributed by atoms with Gasteiger partial charge in [0.25, 0.3) is 0 Å². The van der Waals surface area contributed by atoms with Crippen LogP contribution in [0, 0.1) is 6.92 Å². The molecule has 0 aromatic heterocycles. The van der Waals surface area contributed by atoms with Gasteiger partial charge in [-0.2, -0.15) is 0 Å². The first-order valence-electron chi connectivity index (χ1n) is 5.60. The lowest BCUT2D eigenvalue weighted by Crippen LogP contribution is -1.98. The first kappa shape index (κ1) is 12.2. The molecule has 0 bridgehead atoms. The molecule has 0 fully saturated rings. The molecule has 0 unspecified atom stereocenters. The van der Waals surface area contributed by atoms with Crippen molar-refractivity contribution in [2.24, 2.45) is 0 Å². The molecular formula is C15H14O3. The number of aryl methyl sites for hydroxylation is 1. The second kappa shape index (κ2) is 4.92.